The van der Waals surface area contributed by atoms with Gasteiger partial charge < -0.3 is 4.90 Å². The van der Waals surface area contributed by atoms with E-state index in [-0.39, 0.29) is 5.91 Å². The number of nitriles is 1. The molecule has 0 spiro atoms. The minimum absolute atomic E-state index is 0.0846. The highest BCUT2D eigenvalue weighted by Crippen LogP contribution is 2.22. The van der Waals surface area contributed by atoms with Gasteiger partial charge in [0.15, 0.2) is 0 Å². The lowest BCUT2D eigenvalue weighted by Gasteiger charge is -2.15. The molecule has 24 heavy (non-hydrogen) atoms. The van der Waals surface area contributed by atoms with E-state index in [1.807, 2.05) is 36.4 Å². The zero-order valence-electron chi connectivity index (χ0n) is 13.1. The quantitative estimate of drug-likeness (QED) is 0.682. The van der Waals surface area contributed by atoms with Crippen LogP contribution in [0.25, 0.3) is 16.3 Å². The van der Waals surface area contributed by atoms with Crippen molar-refractivity contribution in [2.75, 3.05) is 7.05 Å². The summed E-state index contributed by atoms with van der Waals surface area (Å²) in [6.07, 6.45) is 3.30. The number of aromatic nitrogens is 1. The average molecular weight is 333 g/mol. The molecule has 0 saturated carbocycles. The molecule has 1 heterocycles. The van der Waals surface area contributed by atoms with Crippen molar-refractivity contribution in [3.8, 4) is 6.07 Å². The molecule has 3 rings (SSSR count). The van der Waals surface area contributed by atoms with Crippen LogP contribution in [0.2, 0.25) is 0 Å². The molecule has 118 valence electrons. The molecule has 0 saturated heterocycles. The van der Waals surface area contributed by atoms with Crippen molar-refractivity contribution >= 4 is 33.5 Å². The highest BCUT2D eigenvalue weighted by atomic mass is 32.1. The first kappa shape index (κ1) is 15.9. The van der Waals surface area contributed by atoms with Gasteiger partial charge in [-0.15, -0.1) is 11.3 Å². The van der Waals surface area contributed by atoms with Crippen LogP contribution in [-0.2, 0) is 11.3 Å². The normalized spacial score (nSPS) is 10.8. The predicted molar refractivity (Wildman–Crippen MR) is 96.3 cm³/mol. The third kappa shape index (κ3) is 3.67. The van der Waals surface area contributed by atoms with Crippen LogP contribution in [0.15, 0.2) is 54.6 Å². The van der Waals surface area contributed by atoms with Crippen molar-refractivity contribution in [2.24, 2.45) is 0 Å². The van der Waals surface area contributed by atoms with Gasteiger partial charge in [-0.1, -0.05) is 24.3 Å². The molecule has 0 aliphatic rings. The summed E-state index contributed by atoms with van der Waals surface area (Å²) < 4.78 is 1.11. The Morgan fingerprint density at radius 2 is 2.00 bits per heavy atom. The number of likely N-dealkylation sites (N-methyl/N-ethyl adjacent to an activating group) is 1. The van der Waals surface area contributed by atoms with Crippen molar-refractivity contribution in [1.29, 1.82) is 5.26 Å². The van der Waals surface area contributed by atoms with E-state index in [0.717, 1.165) is 20.8 Å². The third-order valence-electron chi connectivity index (χ3n) is 3.56. The van der Waals surface area contributed by atoms with Crippen molar-refractivity contribution in [3.05, 3.63) is 70.7 Å². The maximum absolute atomic E-state index is 12.2. The number of amides is 1. The zero-order chi connectivity index (χ0) is 16.9. The molecule has 0 N–H and O–H groups in total. The second-order valence-electron chi connectivity index (χ2n) is 5.36. The molecular formula is C19H15N3OS. The van der Waals surface area contributed by atoms with Crippen LogP contribution in [0.1, 0.15) is 16.1 Å². The lowest BCUT2D eigenvalue weighted by molar-refractivity contribution is -0.125. The summed E-state index contributed by atoms with van der Waals surface area (Å²) in [7, 11) is 1.75. The second-order valence-corrected chi connectivity index (χ2v) is 6.42. The molecule has 0 fully saturated rings. The standard InChI is InChI=1S/C19H15N3OS/c1-22(13-15-8-6-14(12-20)7-9-15)19(23)11-10-18-21-16-4-2-3-5-17(16)24-18/h2-11H,13H2,1H3/b11-10+. The number of hydrogen-bond acceptors (Lipinski definition) is 4. The summed E-state index contributed by atoms with van der Waals surface area (Å²) in [5, 5.41) is 9.62. The molecule has 2 aromatic carbocycles. The number of benzene rings is 2. The Hall–Kier alpha value is -2.97. The summed E-state index contributed by atoms with van der Waals surface area (Å²) in [5.41, 5.74) is 2.54. The van der Waals surface area contributed by atoms with Gasteiger partial charge in [0.2, 0.25) is 5.91 Å². The number of para-hydroxylation sites is 1. The molecule has 0 aliphatic heterocycles. The fourth-order valence-corrected chi connectivity index (χ4v) is 3.14. The van der Waals surface area contributed by atoms with Crippen LogP contribution in [0.5, 0.6) is 0 Å². The van der Waals surface area contributed by atoms with Crippen LogP contribution in [0.4, 0.5) is 0 Å². The Kier molecular flexibility index (Phi) is 4.69. The first-order valence-corrected chi connectivity index (χ1v) is 8.25. The minimum Gasteiger partial charge on any atom is -0.338 e. The summed E-state index contributed by atoms with van der Waals surface area (Å²) in [6, 6.07) is 17.2. The number of hydrogen-bond donors (Lipinski definition) is 0. The summed E-state index contributed by atoms with van der Waals surface area (Å²) >= 11 is 1.56. The Morgan fingerprint density at radius 3 is 2.71 bits per heavy atom. The smallest absolute Gasteiger partial charge is 0.246 e. The van der Waals surface area contributed by atoms with Crippen molar-refractivity contribution < 1.29 is 4.79 Å². The summed E-state index contributed by atoms with van der Waals surface area (Å²) in [5.74, 6) is -0.0846. The molecule has 0 aliphatic carbocycles. The van der Waals surface area contributed by atoms with E-state index in [2.05, 4.69) is 11.1 Å². The van der Waals surface area contributed by atoms with Crippen molar-refractivity contribution in [1.82, 2.24) is 9.88 Å². The maximum atomic E-state index is 12.2. The summed E-state index contributed by atoms with van der Waals surface area (Å²) in [4.78, 5) is 18.3. The Labute approximate surface area is 144 Å². The van der Waals surface area contributed by atoms with E-state index >= 15 is 0 Å². The highest BCUT2D eigenvalue weighted by molar-refractivity contribution is 7.19. The van der Waals surface area contributed by atoms with Gasteiger partial charge in [-0.25, -0.2) is 4.98 Å². The molecular weight excluding hydrogens is 318 g/mol. The Balaban J connectivity index is 1.65. The van der Waals surface area contributed by atoms with Gasteiger partial charge in [-0.2, -0.15) is 5.26 Å². The van der Waals surface area contributed by atoms with E-state index in [0.29, 0.717) is 12.1 Å². The van der Waals surface area contributed by atoms with Gasteiger partial charge in [0.25, 0.3) is 0 Å². The SMILES string of the molecule is CN(Cc1ccc(C#N)cc1)C(=O)/C=C/c1nc2ccccc2s1. The van der Waals surface area contributed by atoms with E-state index in [1.165, 1.54) is 0 Å². The number of carbonyl (C=O) groups is 1. The lowest BCUT2D eigenvalue weighted by Crippen LogP contribution is -2.24. The molecule has 0 bridgehead atoms. The Morgan fingerprint density at radius 1 is 1.25 bits per heavy atom. The van der Waals surface area contributed by atoms with E-state index in [9.17, 15) is 4.79 Å². The molecule has 0 unspecified atom stereocenters. The van der Waals surface area contributed by atoms with Gasteiger partial charge in [-0.05, 0) is 35.9 Å². The number of thiazole rings is 1. The fourth-order valence-electron chi connectivity index (χ4n) is 2.27. The third-order valence-corrected chi connectivity index (χ3v) is 4.56. The summed E-state index contributed by atoms with van der Waals surface area (Å²) in [6.45, 7) is 0.495. The van der Waals surface area contributed by atoms with Gasteiger partial charge >= 0.3 is 0 Å². The Bertz CT molecular complexity index is 902. The maximum Gasteiger partial charge on any atom is 0.246 e. The van der Waals surface area contributed by atoms with Gasteiger partial charge in [0.1, 0.15) is 5.01 Å². The molecule has 4 nitrogen and oxygen atoms in total. The minimum atomic E-state index is -0.0846. The number of fused-ring (bicyclic) bond motifs is 1. The van der Waals surface area contributed by atoms with Crippen LogP contribution in [0.3, 0.4) is 0 Å². The first-order valence-electron chi connectivity index (χ1n) is 7.43. The van der Waals surface area contributed by atoms with Crippen LogP contribution in [-0.4, -0.2) is 22.8 Å². The van der Waals surface area contributed by atoms with Crippen molar-refractivity contribution in [2.45, 2.75) is 6.54 Å². The predicted octanol–water partition coefficient (Wildman–Crippen LogP) is 3.84. The monoisotopic (exact) mass is 333 g/mol. The van der Waals surface area contributed by atoms with Gasteiger partial charge in [0.05, 0.1) is 21.8 Å². The van der Waals surface area contributed by atoms with Crippen molar-refractivity contribution in [3.63, 3.8) is 0 Å². The van der Waals surface area contributed by atoms with E-state index in [1.54, 1.807) is 47.6 Å². The molecule has 0 atom stereocenters. The number of carbonyl (C=O) groups excluding carboxylic acids is 1. The largest absolute Gasteiger partial charge is 0.338 e. The fraction of sp³-hybridized carbons (Fsp3) is 0.105. The molecule has 5 heteroatoms. The molecule has 1 amide bonds. The van der Waals surface area contributed by atoms with Crippen LogP contribution < -0.4 is 0 Å². The highest BCUT2D eigenvalue weighted by Gasteiger charge is 2.07. The average Bonchev–Trinajstić information content (AvgIpc) is 3.03. The zero-order valence-corrected chi connectivity index (χ0v) is 14.0. The van der Waals surface area contributed by atoms with Gasteiger partial charge in [-0.3, -0.25) is 4.79 Å². The van der Waals surface area contributed by atoms with Crippen LogP contribution >= 0.6 is 11.3 Å². The second kappa shape index (κ2) is 7.07. The van der Waals surface area contributed by atoms with E-state index in [4.69, 9.17) is 5.26 Å². The van der Waals surface area contributed by atoms with E-state index < -0.39 is 0 Å². The first-order chi connectivity index (χ1) is 11.7. The number of rotatable bonds is 4. The topological polar surface area (TPSA) is 57.0 Å². The molecule has 3 aromatic rings. The molecule has 0 radical (unpaired) electrons. The molecule has 1 aromatic heterocycles. The van der Waals surface area contributed by atoms with Crippen LogP contribution in [0, 0.1) is 11.3 Å². The lowest BCUT2D eigenvalue weighted by atomic mass is 10.1. The number of nitrogens with zero attached hydrogens (tertiary/aromatic N) is 3. The van der Waals surface area contributed by atoms with Gasteiger partial charge in [0, 0.05) is 19.7 Å².